The summed E-state index contributed by atoms with van der Waals surface area (Å²) in [4.78, 5) is 0. The molecular weight excluding hydrogens is 292 g/mol. The van der Waals surface area contributed by atoms with E-state index >= 15 is 0 Å². The van der Waals surface area contributed by atoms with Gasteiger partial charge in [0, 0.05) is 6.61 Å². The standard InChI is InChI=1S/C23H44O/c1-3-5-7-8-20-9-11-21(12-10-20)13-14-22-15-17-23(18-16-22)24-19-6-4-2/h20-23H,3-19H2,1-2H3. The largest absolute Gasteiger partial charge is 0.378 e. The van der Waals surface area contributed by atoms with Gasteiger partial charge < -0.3 is 4.74 Å². The van der Waals surface area contributed by atoms with Crippen molar-refractivity contribution < 1.29 is 4.74 Å². The molecule has 2 saturated carbocycles. The molecule has 0 amide bonds. The topological polar surface area (TPSA) is 9.23 Å². The lowest BCUT2D eigenvalue weighted by atomic mass is 9.76. The first-order chi connectivity index (χ1) is 11.8. The molecule has 2 aliphatic rings. The third-order valence-corrected chi connectivity index (χ3v) is 6.81. The number of ether oxygens (including phenoxy) is 1. The minimum Gasteiger partial charge on any atom is -0.378 e. The normalized spacial score (nSPS) is 31.2. The maximum atomic E-state index is 6.02. The maximum Gasteiger partial charge on any atom is 0.0575 e. The van der Waals surface area contributed by atoms with Gasteiger partial charge in [0.1, 0.15) is 0 Å². The zero-order chi connectivity index (χ0) is 17.0. The first-order valence-electron chi connectivity index (χ1n) is 11.4. The van der Waals surface area contributed by atoms with Crippen LogP contribution in [0.3, 0.4) is 0 Å². The van der Waals surface area contributed by atoms with Crippen molar-refractivity contribution in [2.24, 2.45) is 17.8 Å². The fraction of sp³-hybridized carbons (Fsp3) is 1.00. The molecule has 0 aromatic rings. The highest BCUT2D eigenvalue weighted by Gasteiger charge is 2.24. The SMILES string of the molecule is CCCCCC1CCC(CCC2CCC(OCCCC)CC2)CC1. The molecule has 1 heteroatoms. The van der Waals surface area contributed by atoms with Gasteiger partial charge in [-0.25, -0.2) is 0 Å². The van der Waals surface area contributed by atoms with E-state index in [1.807, 2.05) is 0 Å². The third-order valence-electron chi connectivity index (χ3n) is 6.81. The Labute approximate surface area is 152 Å². The Morgan fingerprint density at radius 2 is 1.08 bits per heavy atom. The molecule has 2 rings (SSSR count). The second-order valence-corrected chi connectivity index (χ2v) is 8.83. The molecule has 0 heterocycles. The first-order valence-corrected chi connectivity index (χ1v) is 11.4. The summed E-state index contributed by atoms with van der Waals surface area (Å²) in [5.74, 6) is 3.15. The highest BCUT2D eigenvalue weighted by molar-refractivity contribution is 4.77. The lowest BCUT2D eigenvalue weighted by Gasteiger charge is -2.32. The van der Waals surface area contributed by atoms with Crippen molar-refractivity contribution in [3.8, 4) is 0 Å². The molecule has 0 bridgehead atoms. The molecule has 0 aromatic carbocycles. The minimum absolute atomic E-state index is 0.589. The Bertz CT molecular complexity index is 254. The molecule has 0 unspecified atom stereocenters. The molecule has 142 valence electrons. The van der Waals surface area contributed by atoms with E-state index in [2.05, 4.69) is 13.8 Å². The highest BCUT2D eigenvalue weighted by atomic mass is 16.5. The van der Waals surface area contributed by atoms with E-state index in [-0.39, 0.29) is 0 Å². The average molecular weight is 337 g/mol. The molecule has 0 atom stereocenters. The quantitative estimate of drug-likeness (QED) is 0.354. The van der Waals surface area contributed by atoms with E-state index in [1.165, 1.54) is 103 Å². The van der Waals surface area contributed by atoms with Gasteiger partial charge in [-0.15, -0.1) is 0 Å². The van der Waals surface area contributed by atoms with Gasteiger partial charge in [-0.05, 0) is 49.9 Å². The molecule has 2 fully saturated rings. The van der Waals surface area contributed by atoms with Gasteiger partial charge >= 0.3 is 0 Å². The van der Waals surface area contributed by atoms with Crippen molar-refractivity contribution in [3.05, 3.63) is 0 Å². The molecule has 2 aliphatic carbocycles. The number of hydrogen-bond donors (Lipinski definition) is 0. The summed E-state index contributed by atoms with van der Waals surface area (Å²) in [6.07, 6.45) is 23.6. The molecular formula is C23H44O. The van der Waals surface area contributed by atoms with Crippen LogP contribution in [0.2, 0.25) is 0 Å². The molecule has 0 N–H and O–H groups in total. The number of unbranched alkanes of at least 4 members (excludes halogenated alkanes) is 3. The van der Waals surface area contributed by atoms with Gasteiger partial charge in [-0.1, -0.05) is 84.5 Å². The molecule has 0 aliphatic heterocycles. The van der Waals surface area contributed by atoms with E-state index in [4.69, 9.17) is 4.74 Å². The van der Waals surface area contributed by atoms with Gasteiger partial charge in [-0.3, -0.25) is 0 Å². The first kappa shape index (κ1) is 20.3. The van der Waals surface area contributed by atoms with Crippen LogP contribution >= 0.6 is 0 Å². The van der Waals surface area contributed by atoms with Gasteiger partial charge in [0.25, 0.3) is 0 Å². The molecule has 0 saturated heterocycles. The summed E-state index contributed by atoms with van der Waals surface area (Å²) < 4.78 is 6.02. The van der Waals surface area contributed by atoms with Crippen LogP contribution in [-0.4, -0.2) is 12.7 Å². The van der Waals surface area contributed by atoms with E-state index < -0.39 is 0 Å². The summed E-state index contributed by atoms with van der Waals surface area (Å²) in [6.45, 7) is 5.56. The van der Waals surface area contributed by atoms with Crippen molar-refractivity contribution in [1.82, 2.24) is 0 Å². The van der Waals surface area contributed by atoms with Gasteiger partial charge in [-0.2, -0.15) is 0 Å². The summed E-state index contributed by atoms with van der Waals surface area (Å²) >= 11 is 0. The van der Waals surface area contributed by atoms with Gasteiger partial charge in [0.05, 0.1) is 6.10 Å². The lowest BCUT2D eigenvalue weighted by molar-refractivity contribution is 0.0150. The Morgan fingerprint density at radius 1 is 0.583 bits per heavy atom. The second kappa shape index (κ2) is 12.3. The average Bonchev–Trinajstić information content (AvgIpc) is 2.63. The van der Waals surface area contributed by atoms with Crippen LogP contribution in [0.1, 0.15) is 117 Å². The molecule has 0 radical (unpaired) electrons. The molecule has 0 spiro atoms. The Balaban J connectivity index is 1.49. The predicted octanol–water partition coefficient (Wildman–Crippen LogP) is 7.53. The van der Waals surface area contributed by atoms with E-state index in [1.54, 1.807) is 0 Å². The van der Waals surface area contributed by atoms with Crippen molar-refractivity contribution in [2.75, 3.05) is 6.61 Å². The van der Waals surface area contributed by atoms with Crippen LogP contribution in [0.15, 0.2) is 0 Å². The number of rotatable bonds is 11. The molecule has 1 nitrogen and oxygen atoms in total. The predicted molar refractivity (Wildman–Crippen MR) is 105 cm³/mol. The maximum absolute atomic E-state index is 6.02. The van der Waals surface area contributed by atoms with Crippen LogP contribution in [0, 0.1) is 17.8 Å². The van der Waals surface area contributed by atoms with Crippen LogP contribution in [0.25, 0.3) is 0 Å². The molecule has 24 heavy (non-hydrogen) atoms. The van der Waals surface area contributed by atoms with Crippen LogP contribution in [0.4, 0.5) is 0 Å². The zero-order valence-electron chi connectivity index (χ0n) is 16.7. The fourth-order valence-electron chi connectivity index (χ4n) is 4.94. The van der Waals surface area contributed by atoms with Crippen molar-refractivity contribution >= 4 is 0 Å². The minimum atomic E-state index is 0.589. The van der Waals surface area contributed by atoms with Crippen molar-refractivity contribution in [2.45, 2.75) is 123 Å². The Kier molecular flexibility index (Phi) is 10.4. The smallest absolute Gasteiger partial charge is 0.0575 e. The summed E-state index contributed by atoms with van der Waals surface area (Å²) in [7, 11) is 0. The van der Waals surface area contributed by atoms with E-state index in [0.29, 0.717) is 6.10 Å². The van der Waals surface area contributed by atoms with Crippen LogP contribution in [0.5, 0.6) is 0 Å². The summed E-state index contributed by atoms with van der Waals surface area (Å²) in [5, 5.41) is 0. The second-order valence-electron chi connectivity index (χ2n) is 8.83. The van der Waals surface area contributed by atoms with Gasteiger partial charge in [0.2, 0.25) is 0 Å². The lowest BCUT2D eigenvalue weighted by Crippen LogP contribution is -2.23. The highest BCUT2D eigenvalue weighted by Crippen LogP contribution is 2.37. The summed E-state index contributed by atoms with van der Waals surface area (Å²) in [5.41, 5.74) is 0. The third kappa shape index (κ3) is 7.89. The fourth-order valence-corrected chi connectivity index (χ4v) is 4.94. The Morgan fingerprint density at radius 3 is 1.62 bits per heavy atom. The zero-order valence-corrected chi connectivity index (χ0v) is 16.7. The Hall–Kier alpha value is -0.0400. The van der Waals surface area contributed by atoms with Crippen LogP contribution in [-0.2, 0) is 4.74 Å². The van der Waals surface area contributed by atoms with E-state index in [9.17, 15) is 0 Å². The number of hydrogen-bond acceptors (Lipinski definition) is 1. The van der Waals surface area contributed by atoms with E-state index in [0.717, 1.165) is 24.4 Å². The van der Waals surface area contributed by atoms with Gasteiger partial charge in [0.15, 0.2) is 0 Å². The van der Waals surface area contributed by atoms with Crippen LogP contribution < -0.4 is 0 Å². The van der Waals surface area contributed by atoms with Crippen molar-refractivity contribution in [1.29, 1.82) is 0 Å². The molecule has 0 aromatic heterocycles. The summed E-state index contributed by atoms with van der Waals surface area (Å²) in [6, 6.07) is 0. The van der Waals surface area contributed by atoms with Crippen molar-refractivity contribution in [3.63, 3.8) is 0 Å². The monoisotopic (exact) mass is 336 g/mol.